The fourth-order valence-electron chi connectivity index (χ4n) is 2.82. The van der Waals surface area contributed by atoms with Crippen LogP contribution < -0.4 is 0 Å². The van der Waals surface area contributed by atoms with Crippen LogP contribution in [0.5, 0.6) is 0 Å². The number of amides is 6. The predicted molar refractivity (Wildman–Crippen MR) is 181 cm³/mol. The zero-order valence-corrected chi connectivity index (χ0v) is 30.5. The van der Waals surface area contributed by atoms with Crippen LogP contribution in [-0.4, -0.2) is 113 Å². The van der Waals surface area contributed by atoms with Crippen molar-refractivity contribution in [2.45, 2.75) is 44.9 Å². The van der Waals surface area contributed by atoms with Crippen LogP contribution >= 0.6 is 82.5 Å². The Morgan fingerprint density at radius 1 is 0.568 bits per heavy atom. The van der Waals surface area contributed by atoms with Crippen LogP contribution in [0.2, 0.25) is 0 Å². The van der Waals surface area contributed by atoms with Gasteiger partial charge in [0.15, 0.2) is 0 Å². The van der Waals surface area contributed by atoms with Crippen molar-refractivity contribution < 1.29 is 28.8 Å². The summed E-state index contributed by atoms with van der Waals surface area (Å²) in [6.07, 6.45) is 2.38. The van der Waals surface area contributed by atoms with Crippen molar-refractivity contribution in [2.24, 2.45) is 0 Å². The van der Waals surface area contributed by atoms with Gasteiger partial charge in [-0.25, -0.2) is 0 Å². The van der Waals surface area contributed by atoms with E-state index in [4.69, 9.17) is 22.7 Å². The molecule has 18 heteroatoms. The standard InChI is InChI=1S/C11H14N2O4.C5H7NO2.3CH3BIP/c14-8-2-3-9(15)12(8)6-1-7-13-10(16)4-5-11(13)17;1-6-4(7)2-3-5(6)8;3*1-4(2)3/h1-7H2;2-3H2,1H3;3*1H3. The molecule has 6 radical (unpaired) electrons. The Labute approximate surface area is 266 Å². The predicted octanol–water partition coefficient (Wildman–Crippen LogP) is 4.03. The highest BCUT2D eigenvalue weighted by Gasteiger charge is 2.31. The average molecular weight is 903 g/mol. The maximum absolute atomic E-state index is 11.3. The minimum Gasteiger partial charge on any atom is -0.286 e. The summed E-state index contributed by atoms with van der Waals surface area (Å²) < 4.78 is 0. The number of hydrogen-bond acceptors (Lipinski definition) is 6. The fraction of sp³-hybridized carbons (Fsp3) is 0.684. The molecule has 0 N–H and O–H groups in total. The molecule has 3 unspecified atom stereocenters. The normalized spacial score (nSPS) is 19.1. The van der Waals surface area contributed by atoms with Crippen LogP contribution in [0.15, 0.2) is 0 Å². The van der Waals surface area contributed by atoms with Crippen molar-refractivity contribution in [3.05, 3.63) is 0 Å². The number of imide groups is 3. The Morgan fingerprint density at radius 2 is 0.757 bits per heavy atom. The second-order valence-electron chi connectivity index (χ2n) is 7.65. The van der Waals surface area contributed by atoms with Crippen molar-refractivity contribution in [1.29, 1.82) is 0 Å². The Bertz CT molecular complexity index is 694. The quantitative estimate of drug-likeness (QED) is 0.183. The van der Waals surface area contributed by atoms with Gasteiger partial charge in [0.05, 0.1) is 0 Å². The second kappa shape index (κ2) is 22.7. The number of carbonyl (C=O) groups excluding carboxylic acids is 6. The van der Waals surface area contributed by atoms with Crippen molar-refractivity contribution in [1.82, 2.24) is 14.7 Å². The summed E-state index contributed by atoms with van der Waals surface area (Å²) in [7, 11) is 17.0. The lowest BCUT2D eigenvalue weighted by molar-refractivity contribution is -0.140. The number of likely N-dealkylation sites (tertiary alicyclic amines) is 3. The third kappa shape index (κ3) is 21.5. The summed E-state index contributed by atoms with van der Waals surface area (Å²) in [6.45, 7) is 6.59. The van der Waals surface area contributed by atoms with Gasteiger partial charge < -0.3 is 0 Å². The first-order valence-electron chi connectivity index (χ1n) is 10.9. The molecule has 9 nitrogen and oxygen atoms in total. The van der Waals surface area contributed by atoms with Crippen LogP contribution in [0.25, 0.3) is 0 Å². The molecule has 3 aliphatic heterocycles. The van der Waals surface area contributed by atoms with Gasteiger partial charge in [0.1, 0.15) is 22.7 Å². The summed E-state index contributed by atoms with van der Waals surface area (Å²) in [5, 5.41) is 0. The summed E-state index contributed by atoms with van der Waals surface area (Å²) in [5.41, 5.74) is -0.451. The fourth-order valence-corrected chi connectivity index (χ4v) is 2.82. The van der Waals surface area contributed by atoms with Gasteiger partial charge in [-0.05, 0) is 26.4 Å². The monoisotopic (exact) mass is 903 g/mol. The van der Waals surface area contributed by atoms with Crippen molar-refractivity contribution in [2.75, 3.05) is 40.1 Å². The highest BCUT2D eigenvalue weighted by molar-refractivity contribution is 14.2. The summed E-state index contributed by atoms with van der Waals surface area (Å²) in [5.74, 6) is -0.753. The first-order valence-corrected chi connectivity index (χ1v) is 24.8. The minimum atomic E-state index is -0.158. The lowest BCUT2D eigenvalue weighted by Gasteiger charge is -2.17. The molecule has 3 atom stereocenters. The second-order valence-corrected chi connectivity index (χ2v) is 24.5. The molecule has 0 spiro atoms. The van der Waals surface area contributed by atoms with Gasteiger partial charge in [0, 0.05) is 58.7 Å². The molecule has 3 aliphatic rings. The van der Waals surface area contributed by atoms with Gasteiger partial charge in [0.25, 0.3) is 0 Å². The molecule has 0 aromatic rings. The SMILES string of the molecule is CN1C(=O)CCC1=O.O=C1CCC(=O)N1CCCN1C(=O)CCC1=O.[B]P(C)I.[B]P(C)I.[B]P(C)I. The molecule has 3 heterocycles. The highest BCUT2D eigenvalue weighted by Crippen LogP contribution is 2.33. The zero-order valence-electron chi connectivity index (χ0n) is 21.4. The number of halogens is 3. The summed E-state index contributed by atoms with van der Waals surface area (Å²) in [4.78, 5) is 69.8. The minimum absolute atomic E-state index is 0.0602. The summed E-state index contributed by atoms with van der Waals surface area (Å²) >= 11 is 6.56. The van der Waals surface area contributed by atoms with E-state index in [0.717, 1.165) is 0 Å². The van der Waals surface area contributed by atoms with E-state index in [0.29, 0.717) is 32.4 Å². The number of rotatable bonds is 4. The Morgan fingerprint density at radius 3 is 0.919 bits per heavy atom. The molecule has 37 heavy (non-hydrogen) atoms. The maximum Gasteiger partial charge on any atom is 0.229 e. The third-order valence-corrected chi connectivity index (χ3v) is 4.37. The van der Waals surface area contributed by atoms with E-state index in [1.54, 1.807) is 0 Å². The smallest absolute Gasteiger partial charge is 0.229 e. The number of nitrogens with zero attached hydrogens (tertiary/aromatic N) is 3. The molecule has 3 fully saturated rings. The number of carbonyl (C=O) groups is 6. The van der Waals surface area contributed by atoms with Gasteiger partial charge in [-0.1, -0.05) is 82.5 Å². The summed E-state index contributed by atoms with van der Waals surface area (Å²) in [6, 6.07) is 0. The zero-order chi connectivity index (χ0) is 29.3. The average Bonchev–Trinajstić information content (AvgIpc) is 3.36. The molecule has 0 aromatic carbocycles. The molecular formula is C19H30B3I3N3O6P3. The van der Waals surface area contributed by atoms with Crippen LogP contribution in [0.4, 0.5) is 0 Å². The first kappa shape index (κ1) is 40.2. The van der Waals surface area contributed by atoms with E-state index in [1.807, 2.05) is 20.0 Å². The molecule has 0 aromatic heterocycles. The van der Waals surface area contributed by atoms with E-state index < -0.39 is 0 Å². The Balaban J connectivity index is 0. The van der Waals surface area contributed by atoms with Crippen molar-refractivity contribution in [3.63, 3.8) is 0 Å². The van der Waals surface area contributed by atoms with Gasteiger partial charge >= 0.3 is 0 Å². The van der Waals surface area contributed by atoms with E-state index in [1.165, 1.54) is 21.7 Å². The van der Waals surface area contributed by atoms with Crippen LogP contribution in [0, 0.1) is 0 Å². The van der Waals surface area contributed by atoms with Gasteiger partial charge in [-0.2, -0.15) is 0 Å². The molecule has 3 saturated heterocycles. The highest BCUT2D eigenvalue weighted by atomic mass is 127. The molecule has 0 saturated carbocycles. The van der Waals surface area contributed by atoms with Crippen LogP contribution in [0.3, 0.4) is 0 Å². The van der Waals surface area contributed by atoms with E-state index >= 15 is 0 Å². The van der Waals surface area contributed by atoms with E-state index in [9.17, 15) is 28.8 Å². The van der Waals surface area contributed by atoms with Gasteiger partial charge in [-0.3, -0.25) is 43.5 Å². The van der Waals surface area contributed by atoms with Crippen LogP contribution in [-0.2, 0) is 28.8 Å². The Kier molecular flexibility index (Phi) is 24.7. The van der Waals surface area contributed by atoms with E-state index in [-0.39, 0.29) is 77.5 Å². The number of hydrogen-bond donors (Lipinski definition) is 0. The van der Waals surface area contributed by atoms with E-state index in [2.05, 4.69) is 66.1 Å². The van der Waals surface area contributed by atoms with Gasteiger partial charge in [-0.15, -0.1) is 0 Å². The molecule has 6 amide bonds. The molecule has 202 valence electrons. The lowest BCUT2D eigenvalue weighted by atomic mass is 10.3. The van der Waals surface area contributed by atoms with Crippen molar-refractivity contribution >= 4 is 141 Å². The van der Waals surface area contributed by atoms with Crippen molar-refractivity contribution in [3.8, 4) is 0 Å². The third-order valence-electron chi connectivity index (χ3n) is 4.37. The molecule has 0 bridgehead atoms. The first-order chi connectivity index (χ1) is 17.0. The Hall–Kier alpha value is 1.09. The lowest BCUT2D eigenvalue weighted by Crippen LogP contribution is -2.35. The largest absolute Gasteiger partial charge is 0.286 e. The topological polar surface area (TPSA) is 112 Å². The van der Waals surface area contributed by atoms with Crippen LogP contribution in [0.1, 0.15) is 44.9 Å². The molecular weight excluding hydrogens is 872 g/mol. The maximum atomic E-state index is 11.3. The molecule has 0 aliphatic carbocycles. The van der Waals surface area contributed by atoms with Gasteiger partial charge in [0.2, 0.25) is 35.4 Å². The molecule has 3 rings (SSSR count).